The van der Waals surface area contributed by atoms with Gasteiger partial charge in [0, 0.05) is 64.1 Å². The normalized spacial score (nSPS) is 13.9. The van der Waals surface area contributed by atoms with Crippen molar-refractivity contribution in [3.63, 3.8) is 0 Å². The van der Waals surface area contributed by atoms with Gasteiger partial charge in [0.25, 0.3) is 5.56 Å². The molecule has 9 heteroatoms. The molecule has 1 saturated heterocycles. The lowest BCUT2D eigenvalue weighted by molar-refractivity contribution is 0.257. The maximum absolute atomic E-state index is 12.0. The topological polar surface area (TPSA) is 71.7 Å². The Morgan fingerprint density at radius 3 is 2.29 bits per heavy atom. The van der Waals surface area contributed by atoms with Crippen LogP contribution in [0.4, 0.5) is 11.5 Å². The summed E-state index contributed by atoms with van der Waals surface area (Å²) in [5.41, 5.74) is 2.89. The van der Waals surface area contributed by atoms with Gasteiger partial charge < -0.3 is 15.0 Å². The van der Waals surface area contributed by atoms with Crippen molar-refractivity contribution in [2.75, 3.05) is 56.6 Å². The minimum absolute atomic E-state index is 0. The molecule has 1 N–H and O–H groups in total. The average Bonchev–Trinajstić information content (AvgIpc) is 2.88. The number of halogens is 1. The maximum Gasteiger partial charge on any atom is 0.332 e. The van der Waals surface area contributed by atoms with Gasteiger partial charge in [0.2, 0.25) is 0 Å². The molecule has 0 aliphatic carbocycles. The van der Waals surface area contributed by atoms with Gasteiger partial charge in [0.05, 0.1) is 7.11 Å². The second-order valence-electron chi connectivity index (χ2n) is 8.62. The molecule has 1 aromatic heterocycles. The summed E-state index contributed by atoms with van der Waals surface area (Å²) in [6.07, 6.45) is 0.941. The molecular weight excluding hydrogens is 466 g/mol. The van der Waals surface area contributed by atoms with E-state index < -0.39 is 0 Å². The van der Waals surface area contributed by atoms with E-state index in [9.17, 15) is 9.59 Å². The SMILES string of the molecule is COc1ccccc1-c1ccc(N2CCN(CCCNc3cc(=O)n(C)c(=O)n3C)CC2)cc1.Cl. The Bertz CT molecular complexity index is 1230. The van der Waals surface area contributed by atoms with E-state index in [1.165, 1.54) is 23.4 Å². The molecule has 0 bridgehead atoms. The number of hydrogen-bond donors (Lipinski definition) is 1. The van der Waals surface area contributed by atoms with Crippen LogP contribution in [0.25, 0.3) is 11.1 Å². The van der Waals surface area contributed by atoms with Gasteiger partial charge in [-0.15, -0.1) is 12.4 Å². The predicted octanol–water partition coefficient (Wildman–Crippen LogP) is 2.81. The number of hydrogen-bond acceptors (Lipinski definition) is 6. The predicted molar refractivity (Wildman–Crippen MR) is 144 cm³/mol. The fraction of sp³-hybridized carbons (Fsp3) is 0.385. The molecule has 0 saturated carbocycles. The van der Waals surface area contributed by atoms with E-state index in [4.69, 9.17) is 4.74 Å². The van der Waals surface area contributed by atoms with Gasteiger partial charge in [-0.25, -0.2) is 4.79 Å². The number of piperazine rings is 1. The lowest BCUT2D eigenvalue weighted by Gasteiger charge is -2.36. The first-order valence-electron chi connectivity index (χ1n) is 11.7. The monoisotopic (exact) mass is 499 g/mol. The van der Waals surface area contributed by atoms with Crippen molar-refractivity contribution >= 4 is 23.9 Å². The van der Waals surface area contributed by atoms with E-state index in [1.807, 2.05) is 18.2 Å². The molecule has 0 amide bonds. The fourth-order valence-electron chi connectivity index (χ4n) is 4.39. The average molecular weight is 500 g/mol. The quantitative estimate of drug-likeness (QED) is 0.481. The highest BCUT2D eigenvalue weighted by Gasteiger charge is 2.17. The van der Waals surface area contributed by atoms with Crippen LogP contribution >= 0.6 is 12.4 Å². The van der Waals surface area contributed by atoms with Gasteiger partial charge in [-0.05, 0) is 36.7 Å². The lowest BCUT2D eigenvalue weighted by Crippen LogP contribution is -2.46. The first-order chi connectivity index (χ1) is 16.5. The second-order valence-corrected chi connectivity index (χ2v) is 8.62. The largest absolute Gasteiger partial charge is 0.496 e. The van der Waals surface area contributed by atoms with Crippen LogP contribution in [0.2, 0.25) is 0 Å². The highest BCUT2D eigenvalue weighted by molar-refractivity contribution is 5.85. The third-order valence-corrected chi connectivity index (χ3v) is 6.51. The Hall–Kier alpha value is -3.23. The summed E-state index contributed by atoms with van der Waals surface area (Å²) in [5.74, 6) is 1.45. The zero-order chi connectivity index (χ0) is 24.1. The number of nitrogens with zero attached hydrogens (tertiary/aromatic N) is 4. The summed E-state index contributed by atoms with van der Waals surface area (Å²) >= 11 is 0. The molecule has 4 rings (SSSR count). The van der Waals surface area contributed by atoms with E-state index in [1.54, 1.807) is 14.2 Å². The summed E-state index contributed by atoms with van der Waals surface area (Å²) in [5, 5.41) is 3.23. The second kappa shape index (κ2) is 12.0. The number of rotatable bonds is 8. The molecule has 0 unspecified atom stereocenters. The summed E-state index contributed by atoms with van der Waals surface area (Å²) in [6.45, 7) is 5.70. The number of nitrogens with one attached hydrogen (secondary N) is 1. The Morgan fingerprint density at radius 1 is 0.914 bits per heavy atom. The Kier molecular flexibility index (Phi) is 9.01. The van der Waals surface area contributed by atoms with E-state index in [-0.39, 0.29) is 23.7 Å². The molecule has 1 aliphatic rings. The number of anilines is 2. The summed E-state index contributed by atoms with van der Waals surface area (Å²) in [6, 6.07) is 18.3. The molecule has 2 aromatic carbocycles. The van der Waals surface area contributed by atoms with Gasteiger partial charge in [0.15, 0.2) is 0 Å². The van der Waals surface area contributed by atoms with E-state index >= 15 is 0 Å². The molecule has 1 aliphatic heterocycles. The number of methoxy groups -OCH3 is 1. The molecule has 0 radical (unpaired) electrons. The first-order valence-corrected chi connectivity index (χ1v) is 11.7. The van der Waals surface area contributed by atoms with Crippen molar-refractivity contribution in [1.82, 2.24) is 14.0 Å². The zero-order valence-corrected chi connectivity index (χ0v) is 21.4. The molecule has 35 heavy (non-hydrogen) atoms. The van der Waals surface area contributed by atoms with Crippen LogP contribution in [0.1, 0.15) is 6.42 Å². The number of benzene rings is 2. The molecule has 0 spiro atoms. The molecule has 8 nitrogen and oxygen atoms in total. The first kappa shape index (κ1) is 26.4. The van der Waals surface area contributed by atoms with Crippen LogP contribution in [0.15, 0.2) is 64.2 Å². The molecule has 3 aromatic rings. The van der Waals surface area contributed by atoms with Gasteiger partial charge >= 0.3 is 5.69 Å². The Morgan fingerprint density at radius 2 is 1.60 bits per heavy atom. The van der Waals surface area contributed by atoms with Crippen molar-refractivity contribution < 1.29 is 4.74 Å². The smallest absolute Gasteiger partial charge is 0.332 e. The fourth-order valence-corrected chi connectivity index (χ4v) is 4.39. The van der Waals surface area contributed by atoms with Gasteiger partial charge in [-0.3, -0.25) is 18.8 Å². The zero-order valence-electron chi connectivity index (χ0n) is 20.6. The van der Waals surface area contributed by atoms with Crippen LogP contribution in [-0.4, -0.2) is 60.4 Å². The molecule has 188 valence electrons. The number of aromatic nitrogens is 2. The maximum atomic E-state index is 12.0. The highest BCUT2D eigenvalue weighted by Crippen LogP contribution is 2.31. The van der Waals surface area contributed by atoms with Crippen molar-refractivity contribution in [3.8, 4) is 16.9 Å². The van der Waals surface area contributed by atoms with Crippen molar-refractivity contribution in [2.24, 2.45) is 14.1 Å². The van der Waals surface area contributed by atoms with Crippen LogP contribution in [0.5, 0.6) is 5.75 Å². The lowest BCUT2D eigenvalue weighted by atomic mass is 10.0. The summed E-state index contributed by atoms with van der Waals surface area (Å²) < 4.78 is 8.07. The summed E-state index contributed by atoms with van der Waals surface area (Å²) in [4.78, 5) is 28.8. The Labute approximate surface area is 212 Å². The highest BCUT2D eigenvalue weighted by atomic mass is 35.5. The standard InChI is InChI=1S/C26H33N5O3.ClH/c1-28-24(19-25(32)29(2)26(28)33)27-13-6-14-30-15-17-31(18-16-30)21-11-9-20(10-12-21)22-7-4-5-8-23(22)34-3;/h4-5,7-12,19,27H,6,13-18H2,1-3H3;1H. The number of para-hydroxylation sites is 1. The van der Waals surface area contributed by atoms with Crippen molar-refractivity contribution in [2.45, 2.75) is 6.42 Å². The molecular formula is C26H34ClN5O3. The van der Waals surface area contributed by atoms with E-state index in [0.29, 0.717) is 12.4 Å². The summed E-state index contributed by atoms with van der Waals surface area (Å²) in [7, 11) is 4.87. The van der Waals surface area contributed by atoms with Crippen LogP contribution in [0.3, 0.4) is 0 Å². The third-order valence-electron chi connectivity index (χ3n) is 6.51. The van der Waals surface area contributed by atoms with Gasteiger partial charge in [-0.2, -0.15) is 0 Å². The number of ether oxygens (including phenoxy) is 1. The minimum Gasteiger partial charge on any atom is -0.496 e. The van der Waals surface area contributed by atoms with Crippen LogP contribution < -0.4 is 26.2 Å². The van der Waals surface area contributed by atoms with Gasteiger partial charge in [0.1, 0.15) is 11.6 Å². The van der Waals surface area contributed by atoms with E-state index in [0.717, 1.165) is 60.6 Å². The van der Waals surface area contributed by atoms with Crippen LogP contribution in [-0.2, 0) is 14.1 Å². The third kappa shape index (κ3) is 6.07. The Balaban J connectivity index is 0.00000342. The molecule has 2 heterocycles. The minimum atomic E-state index is -0.318. The van der Waals surface area contributed by atoms with E-state index in [2.05, 4.69) is 45.4 Å². The molecule has 0 atom stereocenters. The molecule has 1 fully saturated rings. The van der Waals surface area contributed by atoms with Gasteiger partial charge in [-0.1, -0.05) is 30.3 Å². The van der Waals surface area contributed by atoms with Crippen molar-refractivity contribution in [1.29, 1.82) is 0 Å². The van der Waals surface area contributed by atoms with Crippen LogP contribution in [0, 0.1) is 0 Å². The van der Waals surface area contributed by atoms with Crippen molar-refractivity contribution in [3.05, 3.63) is 75.4 Å².